The Hall–Kier alpha value is -2.09. The number of carbonyl (C=O) groups is 1. The predicted octanol–water partition coefficient (Wildman–Crippen LogP) is 5.02. The van der Waals surface area contributed by atoms with Gasteiger partial charge in [-0.1, -0.05) is 35.3 Å². The number of halogens is 4. The van der Waals surface area contributed by atoms with Crippen molar-refractivity contribution in [3.8, 4) is 11.5 Å². The van der Waals surface area contributed by atoms with Gasteiger partial charge in [0.1, 0.15) is 18.1 Å². The normalized spacial score (nSPS) is 17.9. The summed E-state index contributed by atoms with van der Waals surface area (Å²) < 4.78 is 38.8. The van der Waals surface area contributed by atoms with Crippen LogP contribution in [0, 0.1) is 0 Å². The van der Waals surface area contributed by atoms with Crippen molar-refractivity contribution < 1.29 is 28.2 Å². The third kappa shape index (κ3) is 4.45. The molecular weight excluding hydrogens is 451 g/mol. The van der Waals surface area contributed by atoms with E-state index in [0.29, 0.717) is 59.6 Å². The lowest BCUT2D eigenvalue weighted by Crippen LogP contribution is -2.49. The molecule has 166 valence electrons. The number of alkyl halides is 2. The summed E-state index contributed by atoms with van der Waals surface area (Å²) in [7, 11) is 0. The highest BCUT2D eigenvalue weighted by atomic mass is 35.5. The highest BCUT2D eigenvalue weighted by Gasteiger charge is 2.46. The van der Waals surface area contributed by atoms with Gasteiger partial charge in [0.05, 0.1) is 13.2 Å². The Labute approximate surface area is 188 Å². The van der Waals surface area contributed by atoms with Gasteiger partial charge in [-0.2, -0.15) is 8.78 Å². The van der Waals surface area contributed by atoms with Crippen molar-refractivity contribution in [1.82, 2.24) is 4.90 Å². The summed E-state index contributed by atoms with van der Waals surface area (Å²) >= 11 is 12.4. The van der Waals surface area contributed by atoms with Gasteiger partial charge in [0.15, 0.2) is 0 Å². The number of hydrogen-bond acceptors (Lipinski definition) is 4. The van der Waals surface area contributed by atoms with E-state index in [2.05, 4.69) is 0 Å². The molecule has 0 unspecified atom stereocenters. The first-order chi connectivity index (χ1) is 14.7. The van der Waals surface area contributed by atoms with Crippen LogP contribution < -0.4 is 9.47 Å². The summed E-state index contributed by atoms with van der Waals surface area (Å²) in [6.45, 7) is 0.674. The maximum atomic E-state index is 13.5. The number of aliphatic carboxylic acids is 1. The molecule has 0 radical (unpaired) electrons. The van der Waals surface area contributed by atoms with Gasteiger partial charge in [-0.15, -0.1) is 0 Å². The van der Waals surface area contributed by atoms with Crippen molar-refractivity contribution in [2.24, 2.45) is 0 Å². The third-order valence-corrected chi connectivity index (χ3v) is 6.73. The molecule has 9 heteroatoms. The molecule has 0 atom stereocenters. The molecule has 0 amide bonds. The van der Waals surface area contributed by atoms with Gasteiger partial charge in [0.25, 0.3) is 0 Å². The highest BCUT2D eigenvalue weighted by Crippen LogP contribution is 2.47. The van der Waals surface area contributed by atoms with Crippen molar-refractivity contribution in [2.75, 3.05) is 26.2 Å². The van der Waals surface area contributed by atoms with Crippen LogP contribution in [0.3, 0.4) is 0 Å². The number of hydrogen-bond donors (Lipinski definition) is 1. The number of carboxylic acid groups (broad SMARTS) is 1. The average Bonchev–Trinajstić information content (AvgIpc) is 3.07. The molecule has 2 aliphatic rings. The molecule has 0 bridgehead atoms. The van der Waals surface area contributed by atoms with Gasteiger partial charge in [0, 0.05) is 32.7 Å². The smallest absolute Gasteiger partial charge is 0.375 e. The van der Waals surface area contributed by atoms with Gasteiger partial charge in [-0.3, -0.25) is 4.90 Å². The van der Waals surface area contributed by atoms with E-state index < -0.39 is 18.4 Å². The molecule has 1 saturated heterocycles. The maximum Gasteiger partial charge on any atom is 0.375 e. The van der Waals surface area contributed by atoms with Crippen LogP contribution in [0.25, 0.3) is 0 Å². The quantitative estimate of drug-likeness (QED) is 0.640. The number of likely N-dealkylation sites (tertiary alicyclic amines) is 1. The molecule has 2 aromatic rings. The van der Waals surface area contributed by atoms with Crippen molar-refractivity contribution >= 4 is 29.2 Å². The summed E-state index contributed by atoms with van der Waals surface area (Å²) in [6.07, 6.45) is 1.23. The van der Waals surface area contributed by atoms with Gasteiger partial charge in [-0.25, -0.2) is 4.79 Å². The number of piperidine rings is 1. The molecule has 5 nitrogen and oxygen atoms in total. The van der Waals surface area contributed by atoms with E-state index in [1.165, 1.54) is 4.90 Å². The minimum absolute atomic E-state index is 0.217. The topological polar surface area (TPSA) is 59.0 Å². The Morgan fingerprint density at radius 1 is 1.19 bits per heavy atom. The molecule has 2 aromatic carbocycles. The molecule has 1 spiro atoms. The maximum absolute atomic E-state index is 13.5. The Kier molecular flexibility index (Phi) is 6.03. The Morgan fingerprint density at radius 2 is 1.87 bits per heavy atom. The number of carboxylic acids is 1. The van der Waals surface area contributed by atoms with Crippen LogP contribution in [0.15, 0.2) is 36.4 Å². The van der Waals surface area contributed by atoms with Crippen LogP contribution in [0.5, 0.6) is 11.5 Å². The lowest BCUT2D eigenvalue weighted by molar-refractivity contribution is -0.168. The minimum atomic E-state index is -3.74. The molecular formula is C22H21Cl2F2NO4. The summed E-state index contributed by atoms with van der Waals surface area (Å²) in [6, 6.07) is 10.9. The molecule has 0 aromatic heterocycles. The van der Waals surface area contributed by atoms with E-state index in [9.17, 15) is 13.6 Å². The second-order valence-electron chi connectivity index (χ2n) is 8.00. The van der Waals surface area contributed by atoms with Gasteiger partial charge in [-0.05, 0) is 44.1 Å². The lowest BCUT2D eigenvalue weighted by atomic mass is 9.74. The van der Waals surface area contributed by atoms with Gasteiger partial charge < -0.3 is 14.6 Å². The molecule has 4 rings (SSSR count). The Morgan fingerprint density at radius 3 is 2.52 bits per heavy atom. The van der Waals surface area contributed by atoms with E-state index >= 15 is 0 Å². The zero-order valence-electron chi connectivity index (χ0n) is 16.5. The van der Waals surface area contributed by atoms with Crippen LogP contribution in [0.4, 0.5) is 8.78 Å². The third-order valence-electron chi connectivity index (χ3n) is 6.02. The van der Waals surface area contributed by atoms with E-state index in [1.54, 1.807) is 18.2 Å². The average molecular weight is 472 g/mol. The van der Waals surface area contributed by atoms with Crippen molar-refractivity contribution in [3.05, 3.63) is 57.6 Å². The fourth-order valence-electron chi connectivity index (χ4n) is 4.17. The summed E-state index contributed by atoms with van der Waals surface area (Å²) in [5.74, 6) is -4.50. The first-order valence-corrected chi connectivity index (χ1v) is 10.6. The number of fused-ring (bicyclic) bond motifs is 2. The standard InChI is InChI=1S/C22H21Cl2F2NO4/c23-17-2-1-3-18(24)15(17)11-30-14-4-5-16-19(10-14)31-13-21(16)6-8-27(9-7-21)12-22(25,26)20(28)29/h1-5,10H,6-9,11-13H2,(H,28,29). The molecule has 0 aliphatic carbocycles. The van der Waals surface area contributed by atoms with E-state index in [1.807, 2.05) is 18.2 Å². The molecule has 31 heavy (non-hydrogen) atoms. The Balaban J connectivity index is 1.42. The van der Waals surface area contributed by atoms with Crippen LogP contribution in [-0.4, -0.2) is 48.1 Å². The predicted molar refractivity (Wildman–Crippen MR) is 113 cm³/mol. The molecule has 1 fully saturated rings. The lowest BCUT2D eigenvalue weighted by Gasteiger charge is -2.39. The molecule has 2 aliphatic heterocycles. The number of rotatable bonds is 6. The van der Waals surface area contributed by atoms with Crippen molar-refractivity contribution in [3.63, 3.8) is 0 Å². The van der Waals surface area contributed by atoms with E-state index in [-0.39, 0.29) is 12.0 Å². The highest BCUT2D eigenvalue weighted by molar-refractivity contribution is 6.35. The molecule has 2 heterocycles. The van der Waals surface area contributed by atoms with Crippen LogP contribution in [-0.2, 0) is 16.8 Å². The molecule has 0 saturated carbocycles. The van der Waals surface area contributed by atoms with E-state index in [0.717, 1.165) is 5.56 Å². The monoisotopic (exact) mass is 471 g/mol. The van der Waals surface area contributed by atoms with Crippen LogP contribution >= 0.6 is 23.2 Å². The van der Waals surface area contributed by atoms with Crippen molar-refractivity contribution in [2.45, 2.75) is 30.8 Å². The zero-order chi connectivity index (χ0) is 22.2. The number of nitrogens with zero attached hydrogens (tertiary/aromatic N) is 1. The first-order valence-electron chi connectivity index (χ1n) is 9.87. The molecule has 1 N–H and O–H groups in total. The van der Waals surface area contributed by atoms with Gasteiger partial charge in [0.2, 0.25) is 0 Å². The zero-order valence-corrected chi connectivity index (χ0v) is 18.1. The van der Waals surface area contributed by atoms with Crippen LogP contribution in [0.1, 0.15) is 24.0 Å². The Bertz CT molecular complexity index is 973. The second-order valence-corrected chi connectivity index (χ2v) is 8.82. The second kappa shape index (κ2) is 8.45. The fourth-order valence-corrected chi connectivity index (χ4v) is 4.68. The minimum Gasteiger partial charge on any atom is -0.492 e. The summed E-state index contributed by atoms with van der Waals surface area (Å²) in [5, 5.41) is 9.72. The summed E-state index contributed by atoms with van der Waals surface area (Å²) in [5.41, 5.74) is 1.48. The van der Waals surface area contributed by atoms with Crippen molar-refractivity contribution in [1.29, 1.82) is 0 Å². The first kappa shape index (κ1) is 22.1. The van der Waals surface area contributed by atoms with Gasteiger partial charge >= 0.3 is 11.9 Å². The number of ether oxygens (including phenoxy) is 2. The van der Waals surface area contributed by atoms with E-state index in [4.69, 9.17) is 37.8 Å². The summed E-state index contributed by atoms with van der Waals surface area (Å²) in [4.78, 5) is 12.2. The van der Waals surface area contributed by atoms with Crippen LogP contribution in [0.2, 0.25) is 10.0 Å². The number of benzene rings is 2. The largest absolute Gasteiger partial charge is 0.492 e. The fraction of sp³-hybridized carbons (Fsp3) is 0.409. The SMILES string of the molecule is O=C(O)C(F)(F)CN1CCC2(CC1)COc1cc(OCc3c(Cl)cccc3Cl)ccc12.